The third-order valence-corrected chi connectivity index (χ3v) is 2.81. The number of amides is 1. The Bertz CT molecular complexity index is 417. The van der Waals surface area contributed by atoms with Gasteiger partial charge in [-0.05, 0) is 25.0 Å². The Morgan fingerprint density at radius 3 is 2.67 bits per heavy atom. The predicted molar refractivity (Wildman–Crippen MR) is 82.4 cm³/mol. The Labute approximate surface area is 125 Å². The van der Waals surface area contributed by atoms with Crippen molar-refractivity contribution in [3.05, 3.63) is 23.8 Å². The first-order chi connectivity index (χ1) is 10.1. The van der Waals surface area contributed by atoms with Crippen LogP contribution in [0.1, 0.15) is 12.0 Å². The van der Waals surface area contributed by atoms with Gasteiger partial charge in [0.1, 0.15) is 6.61 Å². The van der Waals surface area contributed by atoms with Crippen molar-refractivity contribution >= 4 is 17.3 Å². The van der Waals surface area contributed by atoms with E-state index in [1.807, 2.05) is 19.1 Å². The van der Waals surface area contributed by atoms with Crippen LogP contribution in [-0.4, -0.2) is 46.1 Å². The molecule has 0 saturated heterocycles. The minimum atomic E-state index is -0.212. The molecule has 1 rings (SSSR count). The van der Waals surface area contributed by atoms with E-state index in [2.05, 4.69) is 5.32 Å². The highest BCUT2D eigenvalue weighted by Gasteiger charge is 2.07. The minimum Gasteiger partial charge on any atom is -0.397 e. The summed E-state index contributed by atoms with van der Waals surface area (Å²) in [4.78, 5) is 11.8. The van der Waals surface area contributed by atoms with E-state index in [0.29, 0.717) is 37.8 Å². The maximum atomic E-state index is 11.8. The number of nitrogens with one attached hydrogen (secondary N) is 1. The summed E-state index contributed by atoms with van der Waals surface area (Å²) in [7, 11) is 1.63. The molecule has 0 radical (unpaired) electrons. The molecule has 0 heterocycles. The minimum absolute atomic E-state index is 0.00580. The highest BCUT2D eigenvalue weighted by Crippen LogP contribution is 2.22. The summed E-state index contributed by atoms with van der Waals surface area (Å²) in [5.41, 5.74) is 7.95. The maximum absolute atomic E-state index is 11.8. The average Bonchev–Trinajstić information content (AvgIpc) is 2.46. The topological polar surface area (TPSA) is 82.8 Å². The lowest BCUT2D eigenvalue weighted by molar-refractivity contribution is -0.120. The first-order valence-electron chi connectivity index (χ1n) is 6.94. The summed E-state index contributed by atoms with van der Waals surface area (Å²) < 4.78 is 15.4. The second kappa shape index (κ2) is 10.1. The van der Waals surface area contributed by atoms with Gasteiger partial charge in [-0.3, -0.25) is 4.79 Å². The standard InChI is InChI=1S/C15H24N2O4/c1-12-5-3-6-13(16)15(12)17-14(18)11-21-8-4-7-20-10-9-19-2/h3,5-6H,4,7-11,16H2,1-2H3,(H,17,18). The van der Waals surface area contributed by atoms with Crippen LogP contribution in [0.15, 0.2) is 18.2 Å². The Balaban J connectivity index is 2.14. The average molecular weight is 296 g/mol. The molecule has 0 spiro atoms. The molecule has 0 aliphatic heterocycles. The second-order valence-electron chi connectivity index (χ2n) is 4.60. The van der Waals surface area contributed by atoms with Crippen LogP contribution in [0.4, 0.5) is 11.4 Å². The quantitative estimate of drug-likeness (QED) is 0.506. The van der Waals surface area contributed by atoms with Crippen molar-refractivity contribution < 1.29 is 19.0 Å². The van der Waals surface area contributed by atoms with E-state index in [9.17, 15) is 4.79 Å². The van der Waals surface area contributed by atoms with Crippen molar-refractivity contribution in [1.82, 2.24) is 0 Å². The van der Waals surface area contributed by atoms with E-state index in [1.165, 1.54) is 0 Å². The molecule has 6 heteroatoms. The summed E-state index contributed by atoms with van der Waals surface area (Å²) in [6.45, 7) is 4.13. The zero-order valence-electron chi connectivity index (χ0n) is 12.7. The number of carbonyl (C=O) groups excluding carboxylic acids is 1. The Morgan fingerprint density at radius 2 is 1.95 bits per heavy atom. The first kappa shape index (κ1) is 17.4. The van der Waals surface area contributed by atoms with Crippen molar-refractivity contribution in [1.29, 1.82) is 0 Å². The van der Waals surface area contributed by atoms with E-state index in [0.717, 1.165) is 12.0 Å². The Morgan fingerprint density at radius 1 is 1.19 bits per heavy atom. The molecule has 1 amide bonds. The number of methoxy groups -OCH3 is 1. The highest BCUT2D eigenvalue weighted by atomic mass is 16.5. The van der Waals surface area contributed by atoms with Crippen molar-refractivity contribution in [2.45, 2.75) is 13.3 Å². The summed E-state index contributed by atoms with van der Waals surface area (Å²) in [6, 6.07) is 5.49. The van der Waals surface area contributed by atoms with Crippen LogP contribution < -0.4 is 11.1 Å². The molecule has 0 saturated carbocycles. The molecule has 21 heavy (non-hydrogen) atoms. The fourth-order valence-electron chi connectivity index (χ4n) is 1.71. The monoisotopic (exact) mass is 296 g/mol. The van der Waals surface area contributed by atoms with Gasteiger partial charge in [-0.25, -0.2) is 0 Å². The van der Waals surface area contributed by atoms with Gasteiger partial charge in [0.05, 0.1) is 24.6 Å². The van der Waals surface area contributed by atoms with Gasteiger partial charge in [0, 0.05) is 20.3 Å². The van der Waals surface area contributed by atoms with Crippen LogP contribution in [-0.2, 0) is 19.0 Å². The summed E-state index contributed by atoms with van der Waals surface area (Å²) in [6.07, 6.45) is 0.740. The van der Waals surface area contributed by atoms with Gasteiger partial charge >= 0.3 is 0 Å². The van der Waals surface area contributed by atoms with Crippen molar-refractivity contribution in [2.75, 3.05) is 51.2 Å². The SMILES string of the molecule is COCCOCCCOCC(=O)Nc1c(C)cccc1N. The van der Waals surface area contributed by atoms with Crippen LogP contribution in [0.5, 0.6) is 0 Å². The molecular weight excluding hydrogens is 272 g/mol. The number of hydrogen-bond donors (Lipinski definition) is 2. The van der Waals surface area contributed by atoms with Gasteiger partial charge in [0.2, 0.25) is 5.91 Å². The zero-order valence-corrected chi connectivity index (χ0v) is 12.7. The molecule has 0 atom stereocenters. The summed E-state index contributed by atoms with van der Waals surface area (Å²) >= 11 is 0. The number of aryl methyl sites for hydroxylation is 1. The van der Waals surface area contributed by atoms with Crippen LogP contribution in [0, 0.1) is 6.92 Å². The molecule has 0 aromatic heterocycles. The largest absolute Gasteiger partial charge is 0.397 e. The van der Waals surface area contributed by atoms with E-state index in [4.69, 9.17) is 19.9 Å². The first-order valence-corrected chi connectivity index (χ1v) is 6.94. The molecule has 0 fully saturated rings. The van der Waals surface area contributed by atoms with E-state index in [1.54, 1.807) is 13.2 Å². The Kier molecular flexibility index (Phi) is 8.42. The maximum Gasteiger partial charge on any atom is 0.250 e. The fourth-order valence-corrected chi connectivity index (χ4v) is 1.71. The normalized spacial score (nSPS) is 10.6. The van der Waals surface area contributed by atoms with Gasteiger partial charge in [0.25, 0.3) is 0 Å². The van der Waals surface area contributed by atoms with Crippen LogP contribution in [0.3, 0.4) is 0 Å². The molecule has 0 aliphatic carbocycles. The van der Waals surface area contributed by atoms with Gasteiger partial charge in [-0.15, -0.1) is 0 Å². The number of rotatable bonds is 10. The van der Waals surface area contributed by atoms with Crippen LogP contribution >= 0.6 is 0 Å². The third-order valence-electron chi connectivity index (χ3n) is 2.81. The smallest absolute Gasteiger partial charge is 0.250 e. The number of carbonyl (C=O) groups is 1. The molecule has 0 aliphatic rings. The number of para-hydroxylation sites is 1. The number of benzene rings is 1. The fraction of sp³-hybridized carbons (Fsp3) is 0.533. The lowest BCUT2D eigenvalue weighted by Crippen LogP contribution is -2.20. The zero-order chi connectivity index (χ0) is 15.5. The van der Waals surface area contributed by atoms with Crippen molar-refractivity contribution in [3.63, 3.8) is 0 Å². The number of ether oxygens (including phenoxy) is 3. The molecule has 118 valence electrons. The molecule has 3 N–H and O–H groups in total. The lowest BCUT2D eigenvalue weighted by atomic mass is 10.1. The number of nitrogen functional groups attached to an aromatic ring is 1. The van der Waals surface area contributed by atoms with E-state index >= 15 is 0 Å². The molecule has 1 aromatic rings. The van der Waals surface area contributed by atoms with Gasteiger partial charge < -0.3 is 25.3 Å². The van der Waals surface area contributed by atoms with Gasteiger partial charge in [-0.2, -0.15) is 0 Å². The summed E-state index contributed by atoms with van der Waals surface area (Å²) in [5.74, 6) is -0.212. The predicted octanol–water partition coefficient (Wildman–Crippen LogP) is 1.59. The number of anilines is 2. The molecule has 6 nitrogen and oxygen atoms in total. The molecule has 0 bridgehead atoms. The van der Waals surface area contributed by atoms with Crippen molar-refractivity contribution in [3.8, 4) is 0 Å². The summed E-state index contributed by atoms with van der Waals surface area (Å²) in [5, 5.41) is 2.76. The second-order valence-corrected chi connectivity index (χ2v) is 4.60. The van der Waals surface area contributed by atoms with E-state index < -0.39 is 0 Å². The highest BCUT2D eigenvalue weighted by molar-refractivity contribution is 5.95. The molecule has 1 aromatic carbocycles. The third kappa shape index (κ3) is 7.08. The van der Waals surface area contributed by atoms with Crippen molar-refractivity contribution in [2.24, 2.45) is 0 Å². The van der Waals surface area contributed by atoms with Crippen LogP contribution in [0.2, 0.25) is 0 Å². The molecule has 0 unspecified atom stereocenters. The van der Waals surface area contributed by atoms with Gasteiger partial charge in [0.15, 0.2) is 0 Å². The number of nitrogens with two attached hydrogens (primary N) is 1. The Hall–Kier alpha value is -1.63. The lowest BCUT2D eigenvalue weighted by Gasteiger charge is -2.11. The van der Waals surface area contributed by atoms with Crippen LogP contribution in [0.25, 0.3) is 0 Å². The van der Waals surface area contributed by atoms with E-state index in [-0.39, 0.29) is 12.5 Å². The molecular formula is C15H24N2O4. The van der Waals surface area contributed by atoms with Gasteiger partial charge in [-0.1, -0.05) is 12.1 Å². The number of hydrogen-bond acceptors (Lipinski definition) is 5.